The first kappa shape index (κ1) is 23.4. The number of carboxylic acid groups (broad SMARTS) is 1. The third kappa shape index (κ3) is 5.30. The van der Waals surface area contributed by atoms with Gasteiger partial charge in [0.05, 0.1) is 5.70 Å². The van der Waals surface area contributed by atoms with Gasteiger partial charge in [-0.3, -0.25) is 0 Å². The number of anilines is 2. The summed E-state index contributed by atoms with van der Waals surface area (Å²) in [5.41, 5.74) is 4.88. The molecule has 6 nitrogen and oxygen atoms in total. The molecule has 6 heteroatoms. The van der Waals surface area contributed by atoms with E-state index in [0.717, 1.165) is 39.0 Å². The Hall–Kier alpha value is -4.39. The van der Waals surface area contributed by atoms with Gasteiger partial charge in [-0.25, -0.2) is 4.79 Å². The van der Waals surface area contributed by atoms with Gasteiger partial charge in [-0.1, -0.05) is 84.9 Å². The highest BCUT2D eigenvalue weighted by atomic mass is 16.9. The smallest absolute Gasteiger partial charge is 0.330 e. The second-order valence-corrected chi connectivity index (χ2v) is 8.37. The normalized spacial score (nSPS) is 17.9. The number of hydrogen-bond donors (Lipinski definition) is 3. The summed E-state index contributed by atoms with van der Waals surface area (Å²) in [4.78, 5) is 11.5. The first-order chi connectivity index (χ1) is 17.6. The van der Waals surface area contributed by atoms with Crippen molar-refractivity contribution in [2.75, 3.05) is 10.6 Å². The molecule has 4 aromatic rings. The van der Waals surface area contributed by atoms with Gasteiger partial charge in [0.15, 0.2) is 12.6 Å². The molecule has 0 amide bonds. The van der Waals surface area contributed by atoms with Crippen LogP contribution in [0, 0.1) is 0 Å². The molecule has 0 unspecified atom stereocenters. The van der Waals surface area contributed by atoms with E-state index in [1.807, 2.05) is 110 Å². The summed E-state index contributed by atoms with van der Waals surface area (Å²) < 4.78 is 11.3. The first-order valence-corrected chi connectivity index (χ1v) is 11.7. The number of nitrogens with one attached hydrogen (secondary N) is 2. The minimum atomic E-state index is -1.02. The second-order valence-electron chi connectivity index (χ2n) is 8.37. The summed E-state index contributed by atoms with van der Waals surface area (Å²) in [6.07, 6.45) is 2.49. The van der Waals surface area contributed by atoms with E-state index in [1.165, 1.54) is 6.08 Å². The summed E-state index contributed by atoms with van der Waals surface area (Å²) in [5, 5.41) is 18.3. The minimum absolute atomic E-state index is 0.216. The third-order valence-electron chi connectivity index (χ3n) is 5.85. The summed E-state index contributed by atoms with van der Waals surface area (Å²) in [6, 6.07) is 31.3. The average Bonchev–Trinajstić information content (AvgIpc) is 2.88. The van der Waals surface area contributed by atoms with Gasteiger partial charge in [0.2, 0.25) is 0 Å². The third-order valence-corrected chi connectivity index (χ3v) is 5.85. The van der Waals surface area contributed by atoms with Gasteiger partial charge >= 0.3 is 5.97 Å². The lowest BCUT2D eigenvalue weighted by Gasteiger charge is -2.32. The molecule has 0 bridgehead atoms. The van der Waals surface area contributed by atoms with E-state index in [0.29, 0.717) is 5.70 Å². The second kappa shape index (κ2) is 10.5. The lowest BCUT2D eigenvalue weighted by molar-refractivity contribution is -0.354. The zero-order valence-corrected chi connectivity index (χ0v) is 19.7. The quantitative estimate of drug-likeness (QED) is 0.249. The fourth-order valence-electron chi connectivity index (χ4n) is 4.18. The zero-order chi connectivity index (χ0) is 24.9. The Kier molecular flexibility index (Phi) is 6.80. The highest BCUT2D eigenvalue weighted by molar-refractivity contribution is 6.06. The van der Waals surface area contributed by atoms with Crippen LogP contribution in [0.4, 0.5) is 11.4 Å². The lowest BCUT2D eigenvalue weighted by Crippen LogP contribution is -2.37. The maximum Gasteiger partial charge on any atom is 0.330 e. The number of hydrogen-bond acceptors (Lipinski definition) is 5. The van der Waals surface area contributed by atoms with Gasteiger partial charge in [0, 0.05) is 33.9 Å². The summed E-state index contributed by atoms with van der Waals surface area (Å²) in [6.45, 7) is 1.86. The van der Waals surface area contributed by atoms with E-state index in [9.17, 15) is 9.90 Å². The average molecular weight is 479 g/mol. The van der Waals surface area contributed by atoms with E-state index < -0.39 is 12.3 Å². The predicted molar refractivity (Wildman–Crippen MR) is 143 cm³/mol. The molecule has 3 N–H and O–H groups in total. The fraction of sp³-hybridized carbons (Fsp3) is 0.100. The monoisotopic (exact) mass is 478 g/mol. The van der Waals surface area contributed by atoms with Crippen LogP contribution in [0.1, 0.15) is 18.1 Å². The molecule has 180 valence electrons. The standard InChI is InChI=1S/C30H26N2O4/c1-20-35-30(36-20)19-28(22-12-6-3-7-13-22)32-26-17-9-14-23-24(26)15-8-16-25(23)31-27(18-29(33)34)21-10-4-2-5-11-21/h2-20,30-32H,1H3,(H,33,34)/b27-18+,28-19+. The van der Waals surface area contributed by atoms with E-state index in [2.05, 4.69) is 10.6 Å². The maximum atomic E-state index is 11.5. The topological polar surface area (TPSA) is 79.8 Å². The van der Waals surface area contributed by atoms with Crippen molar-refractivity contribution in [3.63, 3.8) is 0 Å². The van der Waals surface area contributed by atoms with E-state index in [4.69, 9.17) is 9.47 Å². The van der Waals surface area contributed by atoms with Crippen LogP contribution in [0.25, 0.3) is 22.2 Å². The molecule has 5 rings (SSSR count). The van der Waals surface area contributed by atoms with Crippen molar-refractivity contribution in [3.8, 4) is 0 Å². The number of rotatable bonds is 8. The summed E-state index contributed by atoms with van der Waals surface area (Å²) in [7, 11) is 0. The van der Waals surface area contributed by atoms with Crippen molar-refractivity contribution in [3.05, 3.63) is 120 Å². The number of carboxylic acids is 1. The molecule has 0 aliphatic carbocycles. The highest BCUT2D eigenvalue weighted by Crippen LogP contribution is 2.33. The number of fused-ring (bicyclic) bond motifs is 1. The Bertz CT molecular complexity index is 1430. The zero-order valence-electron chi connectivity index (χ0n) is 19.7. The van der Waals surface area contributed by atoms with Gasteiger partial charge in [0.25, 0.3) is 0 Å². The fourth-order valence-corrected chi connectivity index (χ4v) is 4.18. The number of carbonyl (C=O) groups is 1. The first-order valence-electron chi connectivity index (χ1n) is 11.7. The van der Waals surface area contributed by atoms with Gasteiger partial charge in [-0.15, -0.1) is 0 Å². The number of benzene rings is 4. The Morgan fingerprint density at radius 2 is 1.22 bits per heavy atom. The molecule has 0 spiro atoms. The predicted octanol–water partition coefficient (Wildman–Crippen LogP) is 6.55. The van der Waals surface area contributed by atoms with E-state index in [-0.39, 0.29) is 6.29 Å². The van der Waals surface area contributed by atoms with Gasteiger partial charge in [-0.05, 0) is 36.3 Å². The van der Waals surface area contributed by atoms with Gasteiger partial charge in [0.1, 0.15) is 0 Å². The molecule has 0 atom stereocenters. The van der Waals surface area contributed by atoms with Crippen molar-refractivity contribution in [2.24, 2.45) is 0 Å². The van der Waals surface area contributed by atoms with Gasteiger partial charge < -0.3 is 25.2 Å². The largest absolute Gasteiger partial charge is 0.478 e. The van der Waals surface area contributed by atoms with Gasteiger partial charge in [-0.2, -0.15) is 0 Å². The molecule has 0 saturated carbocycles. The van der Waals surface area contributed by atoms with E-state index >= 15 is 0 Å². The van der Waals surface area contributed by atoms with Crippen molar-refractivity contribution in [2.45, 2.75) is 19.5 Å². The molecule has 1 fully saturated rings. The molecule has 0 aromatic heterocycles. The van der Waals surface area contributed by atoms with Crippen LogP contribution in [0.2, 0.25) is 0 Å². The highest BCUT2D eigenvalue weighted by Gasteiger charge is 2.25. The lowest BCUT2D eigenvalue weighted by atomic mass is 10.0. The molecule has 36 heavy (non-hydrogen) atoms. The molecule has 1 aliphatic rings. The van der Waals surface area contributed by atoms with Crippen molar-refractivity contribution in [1.82, 2.24) is 0 Å². The van der Waals surface area contributed by atoms with Crippen LogP contribution < -0.4 is 10.6 Å². The van der Waals surface area contributed by atoms with Crippen molar-refractivity contribution in [1.29, 1.82) is 0 Å². The molecular formula is C30H26N2O4. The van der Waals surface area contributed by atoms with Crippen molar-refractivity contribution >= 4 is 39.5 Å². The number of aliphatic carboxylic acids is 1. The molecule has 1 saturated heterocycles. The van der Waals surface area contributed by atoms with Crippen LogP contribution in [0.15, 0.2) is 109 Å². The van der Waals surface area contributed by atoms with Crippen LogP contribution in [0.5, 0.6) is 0 Å². The van der Waals surface area contributed by atoms with Crippen LogP contribution in [0.3, 0.4) is 0 Å². The maximum absolute atomic E-state index is 11.5. The van der Waals surface area contributed by atoms with E-state index in [1.54, 1.807) is 0 Å². The molecule has 1 heterocycles. The Balaban J connectivity index is 1.51. The SMILES string of the molecule is CC1OC(/C=C(/Nc2cccc3c(N/C(=C/C(=O)O)c4ccccc4)cccc23)c2ccccc2)O1. The minimum Gasteiger partial charge on any atom is -0.478 e. The van der Waals surface area contributed by atoms with Crippen molar-refractivity contribution < 1.29 is 19.4 Å². The van der Waals surface area contributed by atoms with Crippen LogP contribution in [-0.2, 0) is 14.3 Å². The molecular weight excluding hydrogens is 452 g/mol. The molecule has 1 aliphatic heterocycles. The molecule has 0 radical (unpaired) electrons. The summed E-state index contributed by atoms with van der Waals surface area (Å²) in [5.74, 6) is -1.02. The number of ether oxygens (including phenoxy) is 2. The Morgan fingerprint density at radius 3 is 1.72 bits per heavy atom. The summed E-state index contributed by atoms with van der Waals surface area (Å²) >= 11 is 0. The van der Waals surface area contributed by atoms with Crippen LogP contribution >= 0.6 is 0 Å². The molecule has 4 aromatic carbocycles. The van der Waals surface area contributed by atoms with Crippen LogP contribution in [-0.4, -0.2) is 23.7 Å². The Morgan fingerprint density at radius 1 is 0.722 bits per heavy atom. The Labute approximate surface area is 209 Å².